The summed E-state index contributed by atoms with van der Waals surface area (Å²) in [5.74, 6) is 1.10. The summed E-state index contributed by atoms with van der Waals surface area (Å²) in [7, 11) is 0. The minimum Gasteiger partial charge on any atom is -0.356 e. The largest absolute Gasteiger partial charge is 0.356 e. The first kappa shape index (κ1) is 14.2. The van der Waals surface area contributed by atoms with Gasteiger partial charge < -0.3 is 4.90 Å². The van der Waals surface area contributed by atoms with Crippen LogP contribution in [0, 0.1) is 11.3 Å². The predicted molar refractivity (Wildman–Crippen MR) is 89.2 cm³/mol. The number of aromatic nitrogens is 2. The SMILES string of the molecule is N#CC1(c2ccccc2)CCN(c2ncnc3c2CCC3)CC1. The van der Waals surface area contributed by atoms with E-state index in [9.17, 15) is 5.26 Å². The molecule has 0 atom stereocenters. The number of hydrogen-bond acceptors (Lipinski definition) is 4. The Morgan fingerprint density at radius 1 is 1.04 bits per heavy atom. The van der Waals surface area contributed by atoms with Gasteiger partial charge in [0.25, 0.3) is 0 Å². The molecule has 1 saturated heterocycles. The minimum absolute atomic E-state index is 0.353. The molecule has 116 valence electrons. The Bertz CT molecular complexity index is 740. The molecular formula is C19H20N4. The summed E-state index contributed by atoms with van der Waals surface area (Å²) >= 11 is 0. The van der Waals surface area contributed by atoms with Crippen molar-refractivity contribution in [2.24, 2.45) is 0 Å². The van der Waals surface area contributed by atoms with Crippen molar-refractivity contribution in [3.05, 3.63) is 53.5 Å². The van der Waals surface area contributed by atoms with E-state index in [0.29, 0.717) is 0 Å². The first-order valence-electron chi connectivity index (χ1n) is 8.37. The fourth-order valence-corrected chi connectivity index (χ4v) is 3.94. The minimum atomic E-state index is -0.353. The normalized spacial score (nSPS) is 19.2. The van der Waals surface area contributed by atoms with E-state index in [1.807, 2.05) is 18.2 Å². The summed E-state index contributed by atoms with van der Waals surface area (Å²) in [4.78, 5) is 11.3. The molecule has 1 fully saturated rings. The Hall–Kier alpha value is -2.41. The van der Waals surface area contributed by atoms with Crippen LogP contribution in [0.2, 0.25) is 0 Å². The number of aryl methyl sites for hydroxylation is 1. The highest BCUT2D eigenvalue weighted by Crippen LogP contribution is 2.37. The molecule has 2 heterocycles. The van der Waals surface area contributed by atoms with Crippen LogP contribution in [-0.4, -0.2) is 23.1 Å². The number of hydrogen-bond donors (Lipinski definition) is 0. The topological polar surface area (TPSA) is 52.8 Å². The third-order valence-corrected chi connectivity index (χ3v) is 5.31. The molecule has 4 heteroatoms. The number of anilines is 1. The highest BCUT2D eigenvalue weighted by atomic mass is 15.2. The van der Waals surface area contributed by atoms with Gasteiger partial charge in [0, 0.05) is 24.3 Å². The molecule has 0 spiro atoms. The third-order valence-electron chi connectivity index (χ3n) is 5.31. The van der Waals surface area contributed by atoms with Gasteiger partial charge in [0.1, 0.15) is 12.1 Å². The van der Waals surface area contributed by atoms with Crippen molar-refractivity contribution in [2.75, 3.05) is 18.0 Å². The summed E-state index contributed by atoms with van der Waals surface area (Å²) in [6, 6.07) is 12.8. The van der Waals surface area contributed by atoms with Crippen molar-refractivity contribution in [1.29, 1.82) is 5.26 Å². The van der Waals surface area contributed by atoms with Gasteiger partial charge in [-0.15, -0.1) is 0 Å². The fraction of sp³-hybridized carbons (Fsp3) is 0.421. The van der Waals surface area contributed by atoms with E-state index in [1.54, 1.807) is 6.33 Å². The maximum Gasteiger partial charge on any atom is 0.135 e. The zero-order valence-corrected chi connectivity index (χ0v) is 13.2. The second-order valence-electron chi connectivity index (χ2n) is 6.52. The lowest BCUT2D eigenvalue weighted by Gasteiger charge is -2.38. The smallest absolute Gasteiger partial charge is 0.135 e. The Morgan fingerprint density at radius 3 is 2.57 bits per heavy atom. The molecule has 0 bridgehead atoms. The molecule has 2 aromatic rings. The van der Waals surface area contributed by atoms with Crippen LogP contribution < -0.4 is 4.90 Å². The summed E-state index contributed by atoms with van der Waals surface area (Å²) in [5, 5.41) is 9.81. The number of benzene rings is 1. The lowest BCUT2D eigenvalue weighted by atomic mass is 9.74. The van der Waals surface area contributed by atoms with Gasteiger partial charge >= 0.3 is 0 Å². The summed E-state index contributed by atoms with van der Waals surface area (Å²) in [6.45, 7) is 1.76. The first-order chi connectivity index (χ1) is 11.3. The molecule has 0 radical (unpaired) electrons. The summed E-state index contributed by atoms with van der Waals surface area (Å²) in [5.41, 5.74) is 3.34. The average molecular weight is 304 g/mol. The molecule has 1 aliphatic heterocycles. The van der Waals surface area contributed by atoms with Crippen molar-refractivity contribution in [3.63, 3.8) is 0 Å². The number of piperidine rings is 1. The van der Waals surface area contributed by atoms with Gasteiger partial charge in [0.15, 0.2) is 0 Å². The second-order valence-corrected chi connectivity index (χ2v) is 6.52. The maximum absolute atomic E-state index is 9.81. The van der Waals surface area contributed by atoms with Gasteiger partial charge in [0.2, 0.25) is 0 Å². The van der Waals surface area contributed by atoms with Gasteiger partial charge in [-0.2, -0.15) is 5.26 Å². The molecule has 23 heavy (non-hydrogen) atoms. The standard InChI is InChI=1S/C19H20N4/c20-13-19(15-5-2-1-3-6-15)9-11-23(12-10-19)18-16-7-4-8-17(16)21-14-22-18/h1-3,5-6,14H,4,7-12H2. The Balaban J connectivity index is 1.58. The average Bonchev–Trinajstić information content (AvgIpc) is 3.11. The van der Waals surface area contributed by atoms with Crippen molar-refractivity contribution in [1.82, 2.24) is 9.97 Å². The highest BCUT2D eigenvalue weighted by molar-refractivity contribution is 5.51. The number of fused-ring (bicyclic) bond motifs is 1. The van der Waals surface area contributed by atoms with Crippen LogP contribution in [0.15, 0.2) is 36.7 Å². The van der Waals surface area contributed by atoms with Crippen LogP contribution >= 0.6 is 0 Å². The lowest BCUT2D eigenvalue weighted by molar-refractivity contribution is 0.413. The third kappa shape index (κ3) is 2.37. The molecule has 1 aromatic heterocycles. The van der Waals surface area contributed by atoms with Gasteiger partial charge in [0.05, 0.1) is 11.5 Å². The van der Waals surface area contributed by atoms with E-state index in [0.717, 1.165) is 50.2 Å². The Kier molecular flexibility index (Phi) is 3.49. The fourth-order valence-electron chi connectivity index (χ4n) is 3.94. The molecule has 0 N–H and O–H groups in total. The Labute approximate surface area is 136 Å². The molecular weight excluding hydrogens is 284 g/mol. The molecule has 2 aliphatic rings. The molecule has 4 rings (SSSR count). The van der Waals surface area contributed by atoms with E-state index >= 15 is 0 Å². The van der Waals surface area contributed by atoms with Gasteiger partial charge in [-0.25, -0.2) is 9.97 Å². The van der Waals surface area contributed by atoms with Crippen LogP contribution in [0.25, 0.3) is 0 Å². The van der Waals surface area contributed by atoms with Crippen LogP contribution in [0.4, 0.5) is 5.82 Å². The van der Waals surface area contributed by atoms with Crippen LogP contribution in [-0.2, 0) is 18.3 Å². The molecule has 4 nitrogen and oxygen atoms in total. The van der Waals surface area contributed by atoms with Crippen LogP contribution in [0.1, 0.15) is 36.1 Å². The van der Waals surface area contributed by atoms with E-state index < -0.39 is 0 Å². The Morgan fingerprint density at radius 2 is 1.83 bits per heavy atom. The number of nitriles is 1. The van der Waals surface area contributed by atoms with Crippen LogP contribution in [0.5, 0.6) is 0 Å². The second kappa shape index (κ2) is 5.66. The predicted octanol–water partition coefficient (Wildman–Crippen LogP) is 3.03. The van der Waals surface area contributed by atoms with Gasteiger partial charge in [-0.05, 0) is 37.7 Å². The van der Waals surface area contributed by atoms with Crippen LogP contribution in [0.3, 0.4) is 0 Å². The molecule has 1 aliphatic carbocycles. The van der Waals surface area contributed by atoms with E-state index in [1.165, 1.54) is 17.7 Å². The van der Waals surface area contributed by atoms with Crippen molar-refractivity contribution >= 4 is 5.82 Å². The molecule has 0 amide bonds. The monoisotopic (exact) mass is 304 g/mol. The highest BCUT2D eigenvalue weighted by Gasteiger charge is 2.37. The van der Waals surface area contributed by atoms with Crippen molar-refractivity contribution < 1.29 is 0 Å². The quantitative estimate of drug-likeness (QED) is 0.856. The maximum atomic E-state index is 9.81. The van der Waals surface area contributed by atoms with Crippen molar-refractivity contribution in [2.45, 2.75) is 37.5 Å². The zero-order chi connectivity index (χ0) is 15.7. The number of rotatable bonds is 2. The summed E-state index contributed by atoms with van der Waals surface area (Å²) in [6.07, 6.45) is 6.75. The molecule has 0 saturated carbocycles. The van der Waals surface area contributed by atoms with Gasteiger partial charge in [-0.1, -0.05) is 30.3 Å². The number of nitrogens with zero attached hydrogens (tertiary/aromatic N) is 4. The first-order valence-corrected chi connectivity index (χ1v) is 8.37. The molecule has 1 aromatic carbocycles. The lowest BCUT2D eigenvalue weighted by Crippen LogP contribution is -2.42. The van der Waals surface area contributed by atoms with Gasteiger partial charge in [-0.3, -0.25) is 0 Å². The zero-order valence-electron chi connectivity index (χ0n) is 13.2. The van der Waals surface area contributed by atoms with E-state index in [2.05, 4.69) is 33.1 Å². The molecule has 0 unspecified atom stereocenters. The summed E-state index contributed by atoms with van der Waals surface area (Å²) < 4.78 is 0. The van der Waals surface area contributed by atoms with Crippen molar-refractivity contribution in [3.8, 4) is 6.07 Å². The van der Waals surface area contributed by atoms with E-state index in [-0.39, 0.29) is 5.41 Å². The van der Waals surface area contributed by atoms with E-state index in [4.69, 9.17) is 0 Å².